The maximum Gasteiger partial charge on any atom is 0.178 e. The third-order valence-electron chi connectivity index (χ3n) is 3.11. The topological polar surface area (TPSA) is 50.7 Å². The van der Waals surface area contributed by atoms with Crippen LogP contribution in [0.1, 0.15) is 30.3 Å². The van der Waals surface area contributed by atoms with Gasteiger partial charge in [-0.1, -0.05) is 6.92 Å². The van der Waals surface area contributed by atoms with Gasteiger partial charge in [-0.3, -0.25) is 4.98 Å². The van der Waals surface area contributed by atoms with Crippen LogP contribution in [0.4, 0.5) is 0 Å². The van der Waals surface area contributed by atoms with E-state index in [9.17, 15) is 0 Å². The summed E-state index contributed by atoms with van der Waals surface area (Å²) < 4.78 is 0.954. The van der Waals surface area contributed by atoms with Crippen LogP contribution in [-0.2, 0) is 6.54 Å². The molecule has 0 unspecified atom stereocenters. The number of nitrogens with zero attached hydrogens (tertiary/aromatic N) is 3. The molecule has 0 aliphatic rings. The summed E-state index contributed by atoms with van der Waals surface area (Å²) in [6, 6.07) is 3.88. The Hall–Kier alpha value is -1.33. The Bertz CT molecular complexity index is 558. The molecular weight excluding hydrogens is 316 g/mol. The molecule has 0 spiro atoms. The van der Waals surface area contributed by atoms with Crippen molar-refractivity contribution in [3.8, 4) is 11.5 Å². The number of aryl methyl sites for hydroxylation is 2. The lowest BCUT2D eigenvalue weighted by molar-refractivity contribution is 0.665. The molecule has 0 aromatic carbocycles. The van der Waals surface area contributed by atoms with Gasteiger partial charge in [-0.05, 0) is 54.9 Å². The summed E-state index contributed by atoms with van der Waals surface area (Å²) in [4.78, 5) is 13.5. The fourth-order valence-corrected chi connectivity index (χ4v) is 2.24. The van der Waals surface area contributed by atoms with Gasteiger partial charge in [-0.2, -0.15) is 0 Å². The summed E-state index contributed by atoms with van der Waals surface area (Å²) in [7, 11) is 0. The summed E-state index contributed by atoms with van der Waals surface area (Å²) in [6.45, 7) is 8.04. The zero-order chi connectivity index (χ0) is 14.5. The van der Waals surface area contributed by atoms with Gasteiger partial charge in [0.2, 0.25) is 0 Å². The SMILES string of the molecule is CCCNCc1c(C)nc(-c2ccc(Br)cn2)nc1C. The van der Waals surface area contributed by atoms with Crippen molar-refractivity contribution < 1.29 is 0 Å². The van der Waals surface area contributed by atoms with Crippen molar-refractivity contribution in [1.82, 2.24) is 20.3 Å². The average Bonchev–Trinajstić information content (AvgIpc) is 2.42. The molecule has 0 radical (unpaired) electrons. The number of hydrogen-bond acceptors (Lipinski definition) is 4. The largest absolute Gasteiger partial charge is 0.313 e. The van der Waals surface area contributed by atoms with E-state index in [-0.39, 0.29) is 0 Å². The van der Waals surface area contributed by atoms with Gasteiger partial charge in [0, 0.05) is 34.2 Å². The van der Waals surface area contributed by atoms with Crippen molar-refractivity contribution in [2.45, 2.75) is 33.7 Å². The third-order valence-corrected chi connectivity index (χ3v) is 3.57. The van der Waals surface area contributed by atoms with Crippen LogP contribution in [0.3, 0.4) is 0 Å². The molecule has 20 heavy (non-hydrogen) atoms. The maximum absolute atomic E-state index is 4.58. The second-order valence-electron chi connectivity index (χ2n) is 4.74. The first-order valence-electron chi connectivity index (χ1n) is 6.78. The lowest BCUT2D eigenvalue weighted by Gasteiger charge is -2.11. The zero-order valence-corrected chi connectivity index (χ0v) is 13.7. The first-order valence-corrected chi connectivity index (χ1v) is 7.58. The molecule has 2 aromatic rings. The van der Waals surface area contributed by atoms with Crippen molar-refractivity contribution >= 4 is 15.9 Å². The Labute approximate surface area is 128 Å². The highest BCUT2D eigenvalue weighted by Crippen LogP contribution is 2.18. The van der Waals surface area contributed by atoms with Gasteiger partial charge in [0.1, 0.15) is 5.69 Å². The van der Waals surface area contributed by atoms with Crippen LogP contribution in [0.25, 0.3) is 11.5 Å². The van der Waals surface area contributed by atoms with Crippen LogP contribution in [0, 0.1) is 13.8 Å². The predicted octanol–water partition coefficient (Wildman–Crippen LogP) is 3.42. The van der Waals surface area contributed by atoms with Crippen LogP contribution < -0.4 is 5.32 Å². The lowest BCUT2D eigenvalue weighted by atomic mass is 10.1. The normalized spacial score (nSPS) is 10.8. The van der Waals surface area contributed by atoms with Crippen LogP contribution in [0.5, 0.6) is 0 Å². The van der Waals surface area contributed by atoms with Crippen LogP contribution in [-0.4, -0.2) is 21.5 Å². The first-order chi connectivity index (χ1) is 9.61. The molecule has 4 nitrogen and oxygen atoms in total. The lowest BCUT2D eigenvalue weighted by Crippen LogP contribution is -2.17. The van der Waals surface area contributed by atoms with Gasteiger partial charge < -0.3 is 5.32 Å². The molecule has 0 saturated heterocycles. The van der Waals surface area contributed by atoms with E-state index in [0.29, 0.717) is 5.82 Å². The van der Waals surface area contributed by atoms with E-state index in [1.54, 1.807) is 6.20 Å². The first kappa shape index (κ1) is 15.1. The second-order valence-corrected chi connectivity index (χ2v) is 5.65. The number of rotatable bonds is 5. The van der Waals surface area contributed by atoms with E-state index in [1.165, 1.54) is 5.56 Å². The van der Waals surface area contributed by atoms with Crippen molar-refractivity contribution in [3.05, 3.63) is 39.8 Å². The molecule has 0 amide bonds. The van der Waals surface area contributed by atoms with E-state index < -0.39 is 0 Å². The fraction of sp³-hybridized carbons (Fsp3) is 0.400. The zero-order valence-electron chi connectivity index (χ0n) is 12.1. The van der Waals surface area contributed by atoms with Crippen LogP contribution in [0.15, 0.2) is 22.8 Å². The molecule has 0 atom stereocenters. The number of nitrogens with one attached hydrogen (secondary N) is 1. The highest BCUT2D eigenvalue weighted by Gasteiger charge is 2.10. The van der Waals surface area contributed by atoms with E-state index in [0.717, 1.165) is 41.1 Å². The van der Waals surface area contributed by atoms with Crippen molar-refractivity contribution in [2.24, 2.45) is 0 Å². The monoisotopic (exact) mass is 334 g/mol. The Balaban J connectivity index is 2.27. The van der Waals surface area contributed by atoms with E-state index in [4.69, 9.17) is 0 Å². The fourth-order valence-electron chi connectivity index (χ4n) is 2.01. The number of hydrogen-bond donors (Lipinski definition) is 1. The smallest absolute Gasteiger partial charge is 0.178 e. The summed E-state index contributed by atoms with van der Waals surface area (Å²) in [5.41, 5.74) is 4.01. The summed E-state index contributed by atoms with van der Waals surface area (Å²) >= 11 is 3.38. The molecule has 5 heteroatoms. The summed E-state index contributed by atoms with van der Waals surface area (Å²) in [5, 5.41) is 3.40. The van der Waals surface area contributed by atoms with Crippen molar-refractivity contribution in [2.75, 3.05) is 6.54 Å². The van der Waals surface area contributed by atoms with Crippen molar-refractivity contribution in [1.29, 1.82) is 0 Å². The molecule has 0 fully saturated rings. The average molecular weight is 335 g/mol. The Kier molecular flexibility index (Phi) is 5.20. The summed E-state index contributed by atoms with van der Waals surface area (Å²) in [6.07, 6.45) is 2.89. The molecule has 2 aromatic heterocycles. The Morgan fingerprint density at radius 3 is 2.40 bits per heavy atom. The number of aromatic nitrogens is 3. The highest BCUT2D eigenvalue weighted by atomic mass is 79.9. The Morgan fingerprint density at radius 2 is 1.85 bits per heavy atom. The van der Waals surface area contributed by atoms with Crippen LogP contribution in [0.2, 0.25) is 0 Å². The van der Waals surface area contributed by atoms with Crippen molar-refractivity contribution in [3.63, 3.8) is 0 Å². The third kappa shape index (κ3) is 3.61. The van der Waals surface area contributed by atoms with Gasteiger partial charge in [0.25, 0.3) is 0 Å². The number of halogens is 1. The van der Waals surface area contributed by atoms with Gasteiger partial charge in [-0.15, -0.1) is 0 Å². The molecule has 1 N–H and O–H groups in total. The van der Waals surface area contributed by atoms with Gasteiger partial charge in [0.05, 0.1) is 0 Å². The molecule has 2 heterocycles. The highest BCUT2D eigenvalue weighted by molar-refractivity contribution is 9.10. The van der Waals surface area contributed by atoms with Gasteiger partial charge >= 0.3 is 0 Å². The van der Waals surface area contributed by atoms with Crippen LogP contribution >= 0.6 is 15.9 Å². The van der Waals surface area contributed by atoms with E-state index in [1.807, 2.05) is 26.0 Å². The second kappa shape index (κ2) is 6.90. The predicted molar refractivity (Wildman–Crippen MR) is 84.4 cm³/mol. The number of pyridine rings is 1. The Morgan fingerprint density at radius 1 is 1.15 bits per heavy atom. The van der Waals surface area contributed by atoms with E-state index in [2.05, 4.69) is 43.1 Å². The van der Waals surface area contributed by atoms with Gasteiger partial charge in [0.15, 0.2) is 5.82 Å². The van der Waals surface area contributed by atoms with Gasteiger partial charge in [-0.25, -0.2) is 9.97 Å². The van der Waals surface area contributed by atoms with E-state index >= 15 is 0 Å². The quantitative estimate of drug-likeness (QED) is 0.851. The molecule has 0 bridgehead atoms. The summed E-state index contributed by atoms with van der Waals surface area (Å²) in [5.74, 6) is 0.687. The molecular formula is C15H19BrN4. The standard InChI is InChI=1S/C15H19BrN4/c1-4-7-17-9-13-10(2)19-15(20-11(13)3)14-6-5-12(16)8-18-14/h5-6,8,17H,4,7,9H2,1-3H3. The minimum atomic E-state index is 0.687. The molecule has 0 saturated carbocycles. The minimum Gasteiger partial charge on any atom is -0.313 e. The molecule has 0 aliphatic carbocycles. The molecule has 0 aliphatic heterocycles. The molecule has 106 valence electrons. The maximum atomic E-state index is 4.58. The molecule has 2 rings (SSSR count). The minimum absolute atomic E-state index is 0.687.